The second-order valence-corrected chi connectivity index (χ2v) is 7.55. The normalized spacial score (nSPS) is 21.3. The Labute approximate surface area is 154 Å². The Hall–Kier alpha value is -1.37. The van der Waals surface area contributed by atoms with Gasteiger partial charge in [0.2, 0.25) is 0 Å². The van der Waals surface area contributed by atoms with E-state index in [9.17, 15) is 13.2 Å². The zero-order valence-electron chi connectivity index (χ0n) is 13.9. The molecule has 1 fully saturated rings. The Morgan fingerprint density at radius 2 is 1.36 bits per heavy atom. The molecule has 0 spiro atoms. The molecule has 0 aromatic heterocycles. The number of nitrogens with one attached hydrogen (secondary N) is 2. The van der Waals surface area contributed by atoms with Crippen molar-refractivity contribution in [1.82, 2.24) is 0 Å². The average Bonchev–Trinajstić information content (AvgIpc) is 2.58. The number of hydrogen-bond acceptors (Lipinski definition) is 0. The van der Waals surface area contributed by atoms with Gasteiger partial charge in [-0.3, -0.25) is 0 Å². The molecule has 0 bridgehead atoms. The quantitative estimate of drug-likeness (QED) is 0.756. The van der Waals surface area contributed by atoms with Crippen LogP contribution in [0.3, 0.4) is 0 Å². The average molecular weight is 415 g/mol. The van der Waals surface area contributed by atoms with E-state index in [4.69, 9.17) is 0 Å². The van der Waals surface area contributed by atoms with Crippen LogP contribution in [0.25, 0.3) is 0 Å². The molecule has 0 saturated carbocycles. The van der Waals surface area contributed by atoms with E-state index in [0.717, 1.165) is 37.2 Å². The summed E-state index contributed by atoms with van der Waals surface area (Å²) in [5.41, 5.74) is 1.21. The number of quaternary nitrogens is 2. The molecule has 2 nitrogen and oxygen atoms in total. The molecule has 1 aliphatic heterocycles. The highest BCUT2D eigenvalue weighted by atomic mass is 79.9. The monoisotopic (exact) mass is 414 g/mol. The molecule has 3 rings (SSSR count). The number of hydrogen-bond donors (Lipinski definition) is 2. The summed E-state index contributed by atoms with van der Waals surface area (Å²) in [6.07, 6.45) is -4.27. The minimum atomic E-state index is -4.27. The van der Waals surface area contributed by atoms with Crippen LogP contribution in [0.5, 0.6) is 0 Å². The fraction of sp³-hybridized carbons (Fsp3) is 0.368. The summed E-state index contributed by atoms with van der Waals surface area (Å²) in [6.45, 7) is 5.19. The Kier molecular flexibility index (Phi) is 5.81. The van der Waals surface area contributed by atoms with Gasteiger partial charge in [-0.25, -0.2) is 0 Å². The van der Waals surface area contributed by atoms with Crippen LogP contribution >= 0.6 is 15.9 Å². The largest absolute Gasteiger partial charge is 0.416 e. The first-order valence-electron chi connectivity index (χ1n) is 8.48. The molecular weight excluding hydrogens is 393 g/mol. The molecule has 2 N–H and O–H groups in total. The topological polar surface area (TPSA) is 8.88 Å². The fourth-order valence-corrected chi connectivity index (χ4v) is 3.69. The lowest BCUT2D eigenvalue weighted by atomic mass is 10.1. The molecule has 25 heavy (non-hydrogen) atoms. The smallest absolute Gasteiger partial charge is 0.322 e. The highest BCUT2D eigenvalue weighted by Gasteiger charge is 2.34. The van der Waals surface area contributed by atoms with Crippen molar-refractivity contribution in [2.75, 3.05) is 26.2 Å². The lowest BCUT2D eigenvalue weighted by Gasteiger charge is -2.30. The molecule has 1 aliphatic rings. The van der Waals surface area contributed by atoms with Gasteiger partial charge in [-0.2, -0.15) is 13.2 Å². The van der Waals surface area contributed by atoms with Gasteiger partial charge in [0.25, 0.3) is 0 Å². The van der Waals surface area contributed by atoms with Gasteiger partial charge in [0.15, 0.2) is 0 Å². The number of benzene rings is 2. The molecule has 0 atom stereocenters. The third-order valence-corrected chi connectivity index (χ3v) is 5.32. The summed E-state index contributed by atoms with van der Waals surface area (Å²) in [5, 5.41) is 0. The van der Waals surface area contributed by atoms with Gasteiger partial charge in [-0.05, 0) is 18.2 Å². The van der Waals surface area contributed by atoms with E-state index < -0.39 is 11.7 Å². The Bertz CT molecular complexity index is 693. The van der Waals surface area contributed by atoms with E-state index in [1.54, 1.807) is 12.1 Å². The van der Waals surface area contributed by atoms with E-state index in [2.05, 4.69) is 28.1 Å². The van der Waals surface area contributed by atoms with Gasteiger partial charge >= 0.3 is 6.18 Å². The third kappa shape index (κ3) is 5.06. The summed E-state index contributed by atoms with van der Waals surface area (Å²) in [6, 6.07) is 14.3. The molecule has 2 aromatic rings. The lowest BCUT2D eigenvalue weighted by molar-refractivity contribution is -1.02. The molecule has 0 aliphatic carbocycles. The number of alkyl halides is 3. The van der Waals surface area contributed by atoms with Crippen molar-refractivity contribution in [3.8, 4) is 0 Å². The van der Waals surface area contributed by atoms with Crippen LogP contribution in [0.2, 0.25) is 0 Å². The summed E-state index contributed by atoms with van der Waals surface area (Å²) in [7, 11) is 0. The molecule has 134 valence electrons. The van der Waals surface area contributed by atoms with Gasteiger partial charge in [0, 0.05) is 15.6 Å². The van der Waals surface area contributed by atoms with Crippen molar-refractivity contribution in [2.45, 2.75) is 19.3 Å². The molecular formula is C19H22BrF3N2+2. The van der Waals surface area contributed by atoms with Crippen LogP contribution in [-0.4, -0.2) is 26.2 Å². The van der Waals surface area contributed by atoms with Crippen LogP contribution in [0.1, 0.15) is 16.7 Å². The van der Waals surface area contributed by atoms with E-state index in [0.29, 0.717) is 12.1 Å². The SMILES string of the molecule is FC(F)(F)c1ccccc1C[NH+]1CC[NH+](Cc2ccc(Br)cc2)CC1. The zero-order valence-corrected chi connectivity index (χ0v) is 15.5. The van der Waals surface area contributed by atoms with Crippen molar-refractivity contribution < 1.29 is 23.0 Å². The summed E-state index contributed by atoms with van der Waals surface area (Å²) < 4.78 is 40.4. The molecule has 0 radical (unpaired) electrons. The van der Waals surface area contributed by atoms with Gasteiger partial charge in [0.1, 0.15) is 39.3 Å². The molecule has 2 aromatic carbocycles. The summed E-state index contributed by atoms with van der Waals surface area (Å²) in [4.78, 5) is 2.73. The van der Waals surface area contributed by atoms with Crippen molar-refractivity contribution in [2.24, 2.45) is 0 Å². The van der Waals surface area contributed by atoms with E-state index in [-0.39, 0.29) is 0 Å². The molecule has 0 unspecified atom stereocenters. The minimum absolute atomic E-state index is 0.404. The van der Waals surface area contributed by atoms with Crippen LogP contribution in [0.4, 0.5) is 13.2 Å². The van der Waals surface area contributed by atoms with Crippen LogP contribution in [-0.2, 0) is 19.3 Å². The van der Waals surface area contributed by atoms with Crippen LogP contribution in [0.15, 0.2) is 53.0 Å². The van der Waals surface area contributed by atoms with Crippen molar-refractivity contribution in [3.63, 3.8) is 0 Å². The maximum atomic E-state index is 13.1. The predicted molar refractivity (Wildman–Crippen MR) is 94.4 cm³/mol. The van der Waals surface area contributed by atoms with E-state index in [1.807, 2.05) is 12.1 Å². The summed E-state index contributed by atoms with van der Waals surface area (Å²) >= 11 is 3.44. The number of piperazine rings is 1. The minimum Gasteiger partial charge on any atom is -0.322 e. The lowest BCUT2D eigenvalue weighted by Crippen LogP contribution is -3.27. The Balaban J connectivity index is 1.56. The van der Waals surface area contributed by atoms with Gasteiger partial charge in [-0.1, -0.05) is 46.3 Å². The number of halogens is 4. The van der Waals surface area contributed by atoms with Gasteiger partial charge < -0.3 is 9.80 Å². The van der Waals surface area contributed by atoms with Crippen LogP contribution < -0.4 is 9.80 Å². The van der Waals surface area contributed by atoms with Gasteiger partial charge in [-0.15, -0.1) is 0 Å². The van der Waals surface area contributed by atoms with Gasteiger partial charge in [0.05, 0.1) is 5.56 Å². The standard InChI is InChI=1S/C19H20BrF3N2/c20-17-7-5-15(6-8-17)13-24-9-11-25(12-10-24)14-16-3-1-2-4-18(16)19(21,22)23/h1-8H,9-14H2/p+2. The third-order valence-electron chi connectivity index (χ3n) is 4.79. The highest BCUT2D eigenvalue weighted by Crippen LogP contribution is 2.31. The molecule has 1 heterocycles. The van der Waals surface area contributed by atoms with E-state index in [1.165, 1.54) is 27.5 Å². The van der Waals surface area contributed by atoms with Crippen molar-refractivity contribution >= 4 is 15.9 Å². The maximum absolute atomic E-state index is 13.1. The Morgan fingerprint density at radius 1 is 0.800 bits per heavy atom. The summed E-state index contributed by atoms with van der Waals surface area (Å²) in [5.74, 6) is 0. The number of rotatable bonds is 4. The first kappa shape index (κ1) is 18.4. The maximum Gasteiger partial charge on any atom is 0.416 e. The van der Waals surface area contributed by atoms with Crippen molar-refractivity contribution in [3.05, 3.63) is 69.7 Å². The zero-order chi connectivity index (χ0) is 17.9. The van der Waals surface area contributed by atoms with Crippen molar-refractivity contribution in [1.29, 1.82) is 0 Å². The Morgan fingerprint density at radius 3 is 1.96 bits per heavy atom. The predicted octanol–water partition coefficient (Wildman–Crippen LogP) is 1.95. The fourth-order valence-electron chi connectivity index (χ4n) is 3.42. The molecule has 1 saturated heterocycles. The molecule has 6 heteroatoms. The second kappa shape index (κ2) is 7.89. The molecule has 0 amide bonds. The van der Waals surface area contributed by atoms with Crippen LogP contribution in [0, 0.1) is 0 Å². The first-order valence-corrected chi connectivity index (χ1v) is 9.28. The highest BCUT2D eigenvalue weighted by molar-refractivity contribution is 9.10. The van der Waals surface area contributed by atoms with E-state index >= 15 is 0 Å². The second-order valence-electron chi connectivity index (χ2n) is 6.63. The first-order chi connectivity index (χ1) is 11.9.